The van der Waals surface area contributed by atoms with Crippen LogP contribution in [0.2, 0.25) is 0 Å². The van der Waals surface area contributed by atoms with E-state index in [-0.39, 0.29) is 6.61 Å². The van der Waals surface area contributed by atoms with Gasteiger partial charge in [0.25, 0.3) is 5.92 Å². The first-order valence-electron chi connectivity index (χ1n) is 6.33. The number of aromatic nitrogens is 1. The van der Waals surface area contributed by atoms with Gasteiger partial charge in [0, 0.05) is 20.2 Å². The summed E-state index contributed by atoms with van der Waals surface area (Å²) in [7, 11) is -3.31. The molecule has 0 aliphatic rings. The SMILES string of the molecule is CCOC(=O)c1c(F)c(S(=O)(=O)N[C@H](C)C(C)(F)F)cn1C. The van der Waals surface area contributed by atoms with Crippen molar-refractivity contribution in [1.29, 1.82) is 0 Å². The summed E-state index contributed by atoms with van der Waals surface area (Å²) in [6.07, 6.45) is 0.824. The molecular weight excluding hydrogens is 325 g/mol. The van der Waals surface area contributed by atoms with E-state index >= 15 is 0 Å². The van der Waals surface area contributed by atoms with Gasteiger partial charge in [-0.15, -0.1) is 0 Å². The van der Waals surface area contributed by atoms with Gasteiger partial charge in [0.15, 0.2) is 11.5 Å². The second-order valence-electron chi connectivity index (χ2n) is 4.79. The Morgan fingerprint density at radius 1 is 1.50 bits per heavy atom. The molecule has 22 heavy (non-hydrogen) atoms. The molecule has 0 radical (unpaired) electrons. The van der Waals surface area contributed by atoms with Crippen molar-refractivity contribution in [2.45, 2.75) is 37.6 Å². The molecule has 0 aromatic carbocycles. The molecule has 1 rings (SSSR count). The first-order valence-corrected chi connectivity index (χ1v) is 7.82. The Kier molecular flexibility index (Phi) is 5.29. The van der Waals surface area contributed by atoms with Crippen molar-refractivity contribution in [3.05, 3.63) is 17.7 Å². The largest absolute Gasteiger partial charge is 0.461 e. The lowest BCUT2D eigenvalue weighted by molar-refractivity contribution is -0.00491. The molecule has 0 spiro atoms. The van der Waals surface area contributed by atoms with Gasteiger partial charge in [-0.3, -0.25) is 0 Å². The molecule has 0 saturated heterocycles. The Balaban J connectivity index is 3.23. The molecule has 0 amide bonds. The Bertz CT molecular complexity index is 665. The standard InChI is InChI=1S/C12H17F3N2O4S/c1-5-21-11(18)10-9(13)8(6-17(10)4)22(19,20)16-7(2)12(3,14)15/h6-7,16H,5H2,1-4H3/t7-/m1/s1. The first-order chi connectivity index (χ1) is 9.91. The number of esters is 1. The van der Waals surface area contributed by atoms with Crippen LogP contribution in [-0.4, -0.2) is 37.5 Å². The van der Waals surface area contributed by atoms with Crippen molar-refractivity contribution in [2.75, 3.05) is 6.61 Å². The molecule has 1 heterocycles. The van der Waals surface area contributed by atoms with Crippen molar-refractivity contribution in [2.24, 2.45) is 7.05 Å². The van der Waals surface area contributed by atoms with Gasteiger partial charge >= 0.3 is 5.97 Å². The predicted octanol–water partition coefficient (Wildman–Crippen LogP) is 1.66. The van der Waals surface area contributed by atoms with Crippen LogP contribution in [0.1, 0.15) is 31.3 Å². The minimum absolute atomic E-state index is 0.0249. The van der Waals surface area contributed by atoms with Crippen LogP contribution < -0.4 is 4.72 Å². The maximum absolute atomic E-state index is 14.2. The third kappa shape index (κ3) is 3.80. The lowest BCUT2D eigenvalue weighted by atomic mass is 10.2. The summed E-state index contributed by atoms with van der Waals surface area (Å²) in [5.74, 6) is -5.72. The topological polar surface area (TPSA) is 77.4 Å². The maximum atomic E-state index is 14.2. The number of nitrogens with zero attached hydrogens (tertiary/aromatic N) is 1. The van der Waals surface area contributed by atoms with E-state index in [2.05, 4.69) is 4.74 Å². The highest BCUT2D eigenvalue weighted by Gasteiger charge is 2.36. The number of ether oxygens (including phenoxy) is 1. The van der Waals surface area contributed by atoms with E-state index in [9.17, 15) is 26.4 Å². The molecule has 10 heteroatoms. The van der Waals surface area contributed by atoms with Crippen LogP contribution in [0.15, 0.2) is 11.1 Å². The molecule has 1 N–H and O–H groups in total. The van der Waals surface area contributed by atoms with Gasteiger partial charge in [-0.05, 0) is 13.8 Å². The Morgan fingerprint density at radius 2 is 2.05 bits per heavy atom. The number of aryl methyl sites for hydroxylation is 1. The van der Waals surface area contributed by atoms with E-state index in [1.54, 1.807) is 4.72 Å². The molecule has 0 bridgehead atoms. The second-order valence-corrected chi connectivity index (χ2v) is 6.47. The zero-order valence-electron chi connectivity index (χ0n) is 12.5. The zero-order chi connectivity index (χ0) is 17.3. The predicted molar refractivity (Wildman–Crippen MR) is 71.7 cm³/mol. The third-order valence-electron chi connectivity index (χ3n) is 2.94. The molecule has 1 aromatic rings. The minimum atomic E-state index is -4.56. The number of carbonyl (C=O) groups is 1. The van der Waals surface area contributed by atoms with Gasteiger partial charge in [0.1, 0.15) is 4.90 Å². The summed E-state index contributed by atoms with van der Waals surface area (Å²) in [6.45, 7) is 2.96. The number of sulfonamides is 1. The first kappa shape index (κ1) is 18.5. The number of carbonyl (C=O) groups excluding carboxylic acids is 1. The number of nitrogens with one attached hydrogen (secondary N) is 1. The van der Waals surface area contributed by atoms with Crippen LogP contribution in [0.25, 0.3) is 0 Å². The van der Waals surface area contributed by atoms with E-state index in [1.807, 2.05) is 0 Å². The Morgan fingerprint density at radius 3 is 2.50 bits per heavy atom. The maximum Gasteiger partial charge on any atom is 0.358 e. The fourth-order valence-electron chi connectivity index (χ4n) is 1.59. The normalized spacial score (nSPS) is 14.0. The Labute approximate surface area is 126 Å². The van der Waals surface area contributed by atoms with Crippen molar-refractivity contribution in [1.82, 2.24) is 9.29 Å². The van der Waals surface area contributed by atoms with Crippen molar-refractivity contribution in [3.8, 4) is 0 Å². The monoisotopic (exact) mass is 342 g/mol. The highest BCUT2D eigenvalue weighted by Crippen LogP contribution is 2.23. The van der Waals surface area contributed by atoms with Crippen LogP contribution in [0, 0.1) is 5.82 Å². The molecule has 126 valence electrons. The van der Waals surface area contributed by atoms with Gasteiger partial charge in [0.2, 0.25) is 10.0 Å². The van der Waals surface area contributed by atoms with Crippen molar-refractivity contribution in [3.63, 3.8) is 0 Å². The van der Waals surface area contributed by atoms with Gasteiger partial charge in [-0.2, -0.15) is 0 Å². The molecule has 6 nitrogen and oxygen atoms in total. The van der Waals surface area contributed by atoms with E-state index in [4.69, 9.17) is 0 Å². The van der Waals surface area contributed by atoms with Gasteiger partial charge in [-0.25, -0.2) is 31.1 Å². The number of rotatable bonds is 6. The Hall–Kier alpha value is -1.55. The molecule has 0 saturated carbocycles. The molecule has 1 aromatic heterocycles. The van der Waals surface area contributed by atoms with Crippen molar-refractivity contribution < 1.29 is 31.1 Å². The van der Waals surface area contributed by atoms with Crippen LogP contribution in [-0.2, 0) is 21.8 Å². The molecule has 0 aliphatic carbocycles. The van der Waals surface area contributed by atoms with E-state index < -0.39 is 44.4 Å². The molecule has 1 atom stereocenters. The fraction of sp³-hybridized carbons (Fsp3) is 0.583. The lowest BCUT2D eigenvalue weighted by Gasteiger charge is -2.20. The summed E-state index contributed by atoms with van der Waals surface area (Å²) in [5, 5.41) is 0. The van der Waals surface area contributed by atoms with E-state index in [1.165, 1.54) is 14.0 Å². The van der Waals surface area contributed by atoms with Crippen LogP contribution in [0.5, 0.6) is 0 Å². The summed E-state index contributed by atoms with van der Waals surface area (Å²) in [6, 6.07) is -1.75. The highest BCUT2D eigenvalue weighted by atomic mass is 32.2. The van der Waals surface area contributed by atoms with E-state index in [0.717, 1.165) is 17.7 Å². The van der Waals surface area contributed by atoms with Crippen LogP contribution in [0.4, 0.5) is 13.2 Å². The molecule has 0 aliphatic heterocycles. The van der Waals surface area contributed by atoms with Crippen LogP contribution in [0.3, 0.4) is 0 Å². The second kappa shape index (κ2) is 6.29. The van der Waals surface area contributed by atoms with E-state index in [0.29, 0.717) is 6.92 Å². The van der Waals surface area contributed by atoms with Crippen LogP contribution >= 0.6 is 0 Å². The summed E-state index contributed by atoms with van der Waals surface area (Å²) in [5.41, 5.74) is -0.599. The molecule has 0 unspecified atom stereocenters. The highest BCUT2D eigenvalue weighted by molar-refractivity contribution is 7.89. The summed E-state index contributed by atoms with van der Waals surface area (Å²) < 4.78 is 71.6. The number of alkyl halides is 2. The third-order valence-corrected chi connectivity index (χ3v) is 4.47. The van der Waals surface area contributed by atoms with Gasteiger partial charge in [-0.1, -0.05) is 0 Å². The zero-order valence-corrected chi connectivity index (χ0v) is 13.3. The molecule has 0 fully saturated rings. The summed E-state index contributed by atoms with van der Waals surface area (Å²) >= 11 is 0. The quantitative estimate of drug-likeness (QED) is 0.798. The number of halogens is 3. The smallest absolute Gasteiger partial charge is 0.358 e. The number of hydrogen-bond acceptors (Lipinski definition) is 4. The fourth-order valence-corrected chi connectivity index (χ4v) is 3.02. The van der Waals surface area contributed by atoms with Crippen molar-refractivity contribution >= 4 is 16.0 Å². The molecular formula is C12H17F3N2O4S. The van der Waals surface area contributed by atoms with Gasteiger partial charge < -0.3 is 9.30 Å². The summed E-state index contributed by atoms with van der Waals surface area (Å²) in [4.78, 5) is 10.7. The average molecular weight is 342 g/mol. The van der Waals surface area contributed by atoms with Gasteiger partial charge in [0.05, 0.1) is 12.6 Å². The minimum Gasteiger partial charge on any atom is -0.461 e. The lowest BCUT2D eigenvalue weighted by Crippen LogP contribution is -2.43. The number of hydrogen-bond donors (Lipinski definition) is 1. The average Bonchev–Trinajstić information content (AvgIpc) is 2.64.